The van der Waals surface area contributed by atoms with Gasteiger partial charge in [-0.2, -0.15) is 0 Å². The van der Waals surface area contributed by atoms with Gasteiger partial charge in [-0.1, -0.05) is 43.8 Å². The van der Waals surface area contributed by atoms with Gasteiger partial charge in [0.25, 0.3) is 5.91 Å². The second kappa shape index (κ2) is 9.52. The number of H-pyrrole nitrogens is 1. The zero-order valence-corrected chi connectivity index (χ0v) is 17.2. The van der Waals surface area contributed by atoms with Gasteiger partial charge in [0.15, 0.2) is 5.82 Å². The molecule has 0 atom stereocenters. The third-order valence-corrected chi connectivity index (χ3v) is 5.39. The van der Waals surface area contributed by atoms with Crippen molar-refractivity contribution in [1.29, 1.82) is 0 Å². The Morgan fingerprint density at radius 2 is 2.04 bits per heavy atom. The lowest BCUT2D eigenvalue weighted by atomic mass is 10.1. The lowest BCUT2D eigenvalue weighted by Crippen LogP contribution is -2.28. The van der Waals surface area contributed by atoms with E-state index in [2.05, 4.69) is 25.8 Å². The highest BCUT2D eigenvalue weighted by atomic mass is 32.2. The molecule has 0 spiro atoms. The molecular weight excluding hydrogens is 394 g/mol. The van der Waals surface area contributed by atoms with Crippen LogP contribution in [0.15, 0.2) is 46.9 Å². The molecule has 0 saturated carbocycles. The number of rotatable bonds is 8. The van der Waals surface area contributed by atoms with Crippen molar-refractivity contribution in [2.45, 2.75) is 19.0 Å². The summed E-state index contributed by atoms with van der Waals surface area (Å²) in [6.45, 7) is 4.63. The molecule has 0 saturated heterocycles. The topological polar surface area (TPSA) is 99.8 Å². The third-order valence-electron chi connectivity index (χ3n) is 3.67. The summed E-state index contributed by atoms with van der Waals surface area (Å²) >= 11 is 2.80. The SMILES string of the molecule is CC(C)CNC(=O)c1ccccc1NC(=O)CSc1n[nH]c(-c2cccs2)n1. The second-order valence-corrected chi connectivity index (χ2v) is 8.32. The molecule has 2 amide bonds. The molecule has 1 aromatic carbocycles. The zero-order valence-electron chi connectivity index (χ0n) is 15.6. The molecule has 9 heteroatoms. The molecule has 28 heavy (non-hydrogen) atoms. The number of anilines is 1. The first-order chi connectivity index (χ1) is 13.5. The zero-order chi connectivity index (χ0) is 19.9. The number of nitrogens with one attached hydrogen (secondary N) is 3. The number of carbonyl (C=O) groups excluding carboxylic acids is 2. The van der Waals surface area contributed by atoms with Crippen LogP contribution in [0, 0.1) is 5.92 Å². The van der Waals surface area contributed by atoms with Gasteiger partial charge in [-0.15, -0.1) is 16.4 Å². The molecular formula is C19H21N5O2S2. The second-order valence-electron chi connectivity index (χ2n) is 6.43. The number of amides is 2. The average molecular weight is 416 g/mol. The number of carbonyl (C=O) groups is 2. The minimum absolute atomic E-state index is 0.143. The van der Waals surface area contributed by atoms with E-state index >= 15 is 0 Å². The van der Waals surface area contributed by atoms with E-state index in [1.54, 1.807) is 35.6 Å². The number of thioether (sulfide) groups is 1. The fraction of sp³-hybridized carbons (Fsp3) is 0.263. The van der Waals surface area contributed by atoms with Crippen molar-refractivity contribution >= 4 is 40.6 Å². The first kappa shape index (κ1) is 20.1. The van der Waals surface area contributed by atoms with Crippen LogP contribution in [-0.4, -0.2) is 39.3 Å². The minimum Gasteiger partial charge on any atom is -0.352 e. The molecule has 2 heterocycles. The summed E-state index contributed by atoms with van der Waals surface area (Å²) in [5.41, 5.74) is 0.933. The summed E-state index contributed by atoms with van der Waals surface area (Å²) in [7, 11) is 0. The third kappa shape index (κ3) is 5.43. The first-order valence-electron chi connectivity index (χ1n) is 8.79. The molecule has 0 unspecified atom stereocenters. The number of aromatic nitrogens is 3. The number of benzene rings is 1. The first-order valence-corrected chi connectivity index (χ1v) is 10.7. The minimum atomic E-state index is -0.225. The van der Waals surface area contributed by atoms with Gasteiger partial charge in [-0.25, -0.2) is 4.98 Å². The molecule has 3 aromatic rings. The fourth-order valence-electron chi connectivity index (χ4n) is 2.33. The van der Waals surface area contributed by atoms with Crippen molar-refractivity contribution in [2.75, 3.05) is 17.6 Å². The van der Waals surface area contributed by atoms with Crippen LogP contribution in [0.3, 0.4) is 0 Å². The van der Waals surface area contributed by atoms with Crippen LogP contribution in [0.2, 0.25) is 0 Å². The van der Waals surface area contributed by atoms with Gasteiger partial charge in [0.2, 0.25) is 11.1 Å². The molecule has 0 fully saturated rings. The van der Waals surface area contributed by atoms with Crippen LogP contribution >= 0.6 is 23.1 Å². The van der Waals surface area contributed by atoms with E-state index in [1.807, 2.05) is 31.4 Å². The van der Waals surface area contributed by atoms with Crippen LogP contribution in [0.1, 0.15) is 24.2 Å². The number of nitrogens with zero attached hydrogens (tertiary/aromatic N) is 2. The number of para-hydroxylation sites is 1. The van der Waals surface area contributed by atoms with E-state index in [9.17, 15) is 9.59 Å². The quantitative estimate of drug-likeness (QED) is 0.488. The highest BCUT2D eigenvalue weighted by molar-refractivity contribution is 7.99. The van der Waals surface area contributed by atoms with Crippen molar-refractivity contribution < 1.29 is 9.59 Å². The van der Waals surface area contributed by atoms with E-state index in [1.165, 1.54) is 11.8 Å². The van der Waals surface area contributed by atoms with Crippen LogP contribution < -0.4 is 10.6 Å². The van der Waals surface area contributed by atoms with Crippen molar-refractivity contribution in [3.63, 3.8) is 0 Å². The monoisotopic (exact) mass is 415 g/mol. The predicted molar refractivity (Wildman–Crippen MR) is 113 cm³/mol. The molecule has 0 aliphatic heterocycles. The molecule has 146 valence electrons. The molecule has 0 bridgehead atoms. The Hall–Kier alpha value is -2.65. The maximum atomic E-state index is 12.4. The van der Waals surface area contributed by atoms with Crippen LogP contribution in [0.5, 0.6) is 0 Å². The summed E-state index contributed by atoms with van der Waals surface area (Å²) in [5.74, 6) is 0.750. The Balaban J connectivity index is 1.57. The van der Waals surface area contributed by atoms with Gasteiger partial charge in [-0.3, -0.25) is 14.7 Å². The standard InChI is InChI=1S/C19H21N5O2S2/c1-12(2)10-20-18(26)13-6-3-4-7-14(13)21-16(25)11-28-19-22-17(23-24-19)15-8-5-9-27-15/h3-9,12H,10-11H2,1-2H3,(H,20,26)(H,21,25)(H,22,23,24). The molecule has 0 aliphatic rings. The number of thiophene rings is 1. The summed E-state index contributed by atoms with van der Waals surface area (Å²) in [6.07, 6.45) is 0. The summed E-state index contributed by atoms with van der Waals surface area (Å²) in [4.78, 5) is 30.1. The Labute approximate surface area is 171 Å². The van der Waals surface area contributed by atoms with E-state index in [-0.39, 0.29) is 17.6 Å². The predicted octanol–water partition coefficient (Wildman–Crippen LogP) is 3.65. The van der Waals surface area contributed by atoms with E-state index in [0.717, 1.165) is 4.88 Å². The van der Waals surface area contributed by atoms with Crippen molar-refractivity contribution in [3.8, 4) is 10.7 Å². The van der Waals surface area contributed by atoms with E-state index < -0.39 is 0 Å². The van der Waals surface area contributed by atoms with Gasteiger partial charge >= 0.3 is 0 Å². The number of aromatic amines is 1. The van der Waals surface area contributed by atoms with Gasteiger partial charge in [0.1, 0.15) is 0 Å². The van der Waals surface area contributed by atoms with Gasteiger partial charge in [0, 0.05) is 6.54 Å². The normalized spacial score (nSPS) is 10.8. The van der Waals surface area contributed by atoms with Crippen LogP contribution in [0.25, 0.3) is 10.7 Å². The number of hydrogen-bond donors (Lipinski definition) is 3. The molecule has 2 aromatic heterocycles. The molecule has 0 radical (unpaired) electrons. The van der Waals surface area contributed by atoms with Crippen molar-refractivity contribution in [2.24, 2.45) is 5.92 Å². The summed E-state index contributed by atoms with van der Waals surface area (Å²) in [5, 5.41) is 15.1. The maximum Gasteiger partial charge on any atom is 0.253 e. The maximum absolute atomic E-state index is 12.4. The van der Waals surface area contributed by atoms with E-state index in [0.29, 0.717) is 34.7 Å². The van der Waals surface area contributed by atoms with Crippen molar-refractivity contribution in [1.82, 2.24) is 20.5 Å². The average Bonchev–Trinajstić information content (AvgIpc) is 3.36. The molecule has 7 nitrogen and oxygen atoms in total. The van der Waals surface area contributed by atoms with Crippen LogP contribution in [0.4, 0.5) is 5.69 Å². The van der Waals surface area contributed by atoms with Crippen LogP contribution in [-0.2, 0) is 4.79 Å². The largest absolute Gasteiger partial charge is 0.352 e. The van der Waals surface area contributed by atoms with Gasteiger partial charge in [-0.05, 0) is 29.5 Å². The van der Waals surface area contributed by atoms with Gasteiger partial charge in [0.05, 0.1) is 21.9 Å². The summed E-state index contributed by atoms with van der Waals surface area (Å²) < 4.78 is 0. The Morgan fingerprint density at radius 3 is 2.79 bits per heavy atom. The lowest BCUT2D eigenvalue weighted by molar-refractivity contribution is -0.113. The highest BCUT2D eigenvalue weighted by Crippen LogP contribution is 2.23. The molecule has 3 N–H and O–H groups in total. The fourth-order valence-corrected chi connectivity index (χ4v) is 3.60. The van der Waals surface area contributed by atoms with Crippen molar-refractivity contribution in [3.05, 3.63) is 47.3 Å². The van der Waals surface area contributed by atoms with Gasteiger partial charge < -0.3 is 10.6 Å². The highest BCUT2D eigenvalue weighted by Gasteiger charge is 2.14. The molecule has 3 rings (SSSR count). The lowest BCUT2D eigenvalue weighted by Gasteiger charge is -2.12. The Bertz CT molecular complexity index is 937. The Kier molecular flexibility index (Phi) is 6.83. The van der Waals surface area contributed by atoms with E-state index in [4.69, 9.17) is 0 Å². The molecule has 0 aliphatic carbocycles. The Morgan fingerprint density at radius 1 is 1.21 bits per heavy atom. The number of hydrogen-bond acceptors (Lipinski definition) is 6. The smallest absolute Gasteiger partial charge is 0.253 e. The summed E-state index contributed by atoms with van der Waals surface area (Å²) in [6, 6.07) is 10.9.